The highest BCUT2D eigenvalue weighted by molar-refractivity contribution is 6.30. The van der Waals surface area contributed by atoms with Crippen LogP contribution in [0.4, 0.5) is 0 Å². The maximum atomic E-state index is 13.1. The molecule has 1 N–H and O–H groups in total. The molecule has 0 unspecified atom stereocenters. The average Bonchev–Trinajstić information content (AvgIpc) is 2.77. The van der Waals surface area contributed by atoms with Gasteiger partial charge in [0, 0.05) is 18.1 Å². The third kappa shape index (κ3) is 6.95. The number of amides is 2. The maximum absolute atomic E-state index is 13.1. The van der Waals surface area contributed by atoms with Gasteiger partial charge in [-0.1, -0.05) is 37.6 Å². The predicted molar refractivity (Wildman–Crippen MR) is 118 cm³/mol. The van der Waals surface area contributed by atoms with Crippen molar-refractivity contribution in [2.24, 2.45) is 0 Å². The highest BCUT2D eigenvalue weighted by Crippen LogP contribution is 2.19. The van der Waals surface area contributed by atoms with Gasteiger partial charge >= 0.3 is 0 Å². The monoisotopic (exact) mass is 432 g/mol. The van der Waals surface area contributed by atoms with Gasteiger partial charge in [-0.25, -0.2) is 0 Å². The SMILES string of the molecule is CCCNC(=O)[C@@H](CC)N(Cc1cccc(OC)c1)C(=O)COc1ccc(Cl)cc1. The number of benzene rings is 2. The molecule has 0 aliphatic rings. The quantitative estimate of drug-likeness (QED) is 0.581. The fourth-order valence-electron chi connectivity index (χ4n) is 3.01. The van der Waals surface area contributed by atoms with Crippen LogP contribution in [0.3, 0.4) is 0 Å². The second-order valence-electron chi connectivity index (χ2n) is 6.83. The Bertz CT molecular complexity index is 826. The van der Waals surface area contributed by atoms with Crippen LogP contribution >= 0.6 is 11.6 Å². The zero-order chi connectivity index (χ0) is 21.9. The summed E-state index contributed by atoms with van der Waals surface area (Å²) in [5.74, 6) is 0.798. The molecular formula is C23H29ClN2O4. The molecule has 0 bridgehead atoms. The standard InChI is InChI=1S/C23H29ClN2O4/c1-4-13-25-23(28)21(5-2)26(15-17-7-6-8-20(14-17)29-3)22(27)16-30-19-11-9-18(24)10-12-19/h6-12,14,21H,4-5,13,15-16H2,1-3H3,(H,25,28)/t21-/m1/s1. The van der Waals surface area contributed by atoms with Gasteiger partial charge in [-0.2, -0.15) is 0 Å². The highest BCUT2D eigenvalue weighted by atomic mass is 35.5. The largest absolute Gasteiger partial charge is 0.497 e. The van der Waals surface area contributed by atoms with Gasteiger partial charge in [0.1, 0.15) is 17.5 Å². The first-order chi connectivity index (χ1) is 14.5. The van der Waals surface area contributed by atoms with Crippen LogP contribution in [0, 0.1) is 0 Å². The molecule has 0 aliphatic heterocycles. The molecule has 30 heavy (non-hydrogen) atoms. The third-order valence-corrected chi connectivity index (χ3v) is 4.85. The summed E-state index contributed by atoms with van der Waals surface area (Å²) in [6.45, 7) is 4.54. The average molecular weight is 433 g/mol. The molecule has 2 aromatic carbocycles. The van der Waals surface area contributed by atoms with Gasteiger partial charge in [-0.3, -0.25) is 9.59 Å². The van der Waals surface area contributed by atoms with Gasteiger partial charge in [0.25, 0.3) is 5.91 Å². The molecule has 0 aliphatic carbocycles. The summed E-state index contributed by atoms with van der Waals surface area (Å²) >= 11 is 5.89. The minimum atomic E-state index is -0.593. The number of nitrogens with one attached hydrogen (secondary N) is 1. The number of ether oxygens (including phenoxy) is 2. The smallest absolute Gasteiger partial charge is 0.261 e. The lowest BCUT2D eigenvalue weighted by molar-refractivity contribution is -0.143. The van der Waals surface area contributed by atoms with Crippen molar-refractivity contribution >= 4 is 23.4 Å². The molecule has 6 nitrogen and oxygen atoms in total. The maximum Gasteiger partial charge on any atom is 0.261 e. The number of methoxy groups -OCH3 is 1. The minimum Gasteiger partial charge on any atom is -0.497 e. The van der Waals surface area contributed by atoms with Gasteiger partial charge in [0.05, 0.1) is 7.11 Å². The lowest BCUT2D eigenvalue weighted by Crippen LogP contribution is -2.50. The van der Waals surface area contributed by atoms with Gasteiger partial charge in [-0.05, 0) is 54.8 Å². The van der Waals surface area contributed by atoms with Crippen molar-refractivity contribution in [2.45, 2.75) is 39.3 Å². The second-order valence-corrected chi connectivity index (χ2v) is 7.27. The lowest BCUT2D eigenvalue weighted by Gasteiger charge is -2.30. The summed E-state index contributed by atoms with van der Waals surface area (Å²) < 4.78 is 10.9. The van der Waals surface area contributed by atoms with Crippen LogP contribution in [-0.4, -0.2) is 43.0 Å². The van der Waals surface area contributed by atoms with E-state index in [2.05, 4.69) is 5.32 Å². The highest BCUT2D eigenvalue weighted by Gasteiger charge is 2.28. The lowest BCUT2D eigenvalue weighted by atomic mass is 10.1. The van der Waals surface area contributed by atoms with Crippen molar-refractivity contribution in [2.75, 3.05) is 20.3 Å². The van der Waals surface area contributed by atoms with Crippen LogP contribution in [0.1, 0.15) is 32.3 Å². The fourth-order valence-corrected chi connectivity index (χ4v) is 3.14. The van der Waals surface area contributed by atoms with Gasteiger partial charge in [0.15, 0.2) is 6.61 Å². The van der Waals surface area contributed by atoms with E-state index in [1.807, 2.05) is 38.1 Å². The molecule has 2 amide bonds. The number of rotatable bonds is 11. The summed E-state index contributed by atoms with van der Waals surface area (Å²) in [5.41, 5.74) is 0.871. The van der Waals surface area contributed by atoms with Gasteiger partial charge < -0.3 is 19.7 Å². The van der Waals surface area contributed by atoms with E-state index in [1.54, 1.807) is 36.3 Å². The molecule has 2 rings (SSSR count). The van der Waals surface area contributed by atoms with Crippen molar-refractivity contribution in [3.63, 3.8) is 0 Å². The van der Waals surface area contributed by atoms with E-state index in [0.29, 0.717) is 29.5 Å². The predicted octanol–water partition coefficient (Wildman–Crippen LogP) is 4.06. The number of carbonyl (C=O) groups excluding carboxylic acids is 2. The molecule has 0 heterocycles. The Morgan fingerprint density at radius 2 is 1.83 bits per heavy atom. The fraction of sp³-hybridized carbons (Fsp3) is 0.391. The van der Waals surface area contributed by atoms with Crippen LogP contribution in [0.15, 0.2) is 48.5 Å². The summed E-state index contributed by atoms with van der Waals surface area (Å²) in [4.78, 5) is 27.4. The van der Waals surface area contributed by atoms with Crippen LogP contribution in [0.5, 0.6) is 11.5 Å². The van der Waals surface area contributed by atoms with Crippen LogP contribution < -0.4 is 14.8 Å². The zero-order valence-corrected chi connectivity index (χ0v) is 18.4. The van der Waals surface area contributed by atoms with Crippen molar-refractivity contribution in [3.05, 3.63) is 59.1 Å². The van der Waals surface area contributed by atoms with Crippen LogP contribution in [-0.2, 0) is 16.1 Å². The van der Waals surface area contributed by atoms with Crippen LogP contribution in [0.25, 0.3) is 0 Å². The number of nitrogens with zero attached hydrogens (tertiary/aromatic N) is 1. The number of hydrogen-bond acceptors (Lipinski definition) is 4. The van der Waals surface area contributed by atoms with E-state index in [0.717, 1.165) is 12.0 Å². The van der Waals surface area contributed by atoms with Crippen molar-refractivity contribution in [3.8, 4) is 11.5 Å². The molecule has 7 heteroatoms. The first kappa shape index (κ1) is 23.5. The van der Waals surface area contributed by atoms with E-state index < -0.39 is 6.04 Å². The summed E-state index contributed by atoms with van der Waals surface area (Å²) in [6.07, 6.45) is 1.32. The number of carbonyl (C=O) groups is 2. The van der Waals surface area contributed by atoms with E-state index >= 15 is 0 Å². The van der Waals surface area contributed by atoms with E-state index in [4.69, 9.17) is 21.1 Å². The minimum absolute atomic E-state index is 0.165. The summed E-state index contributed by atoms with van der Waals surface area (Å²) in [7, 11) is 1.59. The second kappa shape index (κ2) is 12.1. The Balaban J connectivity index is 2.20. The molecule has 0 saturated heterocycles. The molecule has 0 radical (unpaired) electrons. The third-order valence-electron chi connectivity index (χ3n) is 4.60. The summed E-state index contributed by atoms with van der Waals surface area (Å²) in [5, 5.41) is 3.48. The Labute approximate surface area is 183 Å². The van der Waals surface area contributed by atoms with E-state index in [1.165, 1.54) is 0 Å². The Morgan fingerprint density at radius 1 is 1.10 bits per heavy atom. The molecule has 1 atom stereocenters. The normalized spacial score (nSPS) is 11.5. The van der Waals surface area contributed by atoms with E-state index in [9.17, 15) is 9.59 Å². The topological polar surface area (TPSA) is 67.9 Å². The molecule has 2 aromatic rings. The molecule has 0 saturated carbocycles. The molecule has 0 spiro atoms. The van der Waals surface area contributed by atoms with Gasteiger partial charge in [-0.15, -0.1) is 0 Å². The molecule has 162 valence electrons. The molecule has 0 aromatic heterocycles. The van der Waals surface area contributed by atoms with Crippen molar-refractivity contribution in [1.82, 2.24) is 10.2 Å². The van der Waals surface area contributed by atoms with Crippen molar-refractivity contribution < 1.29 is 19.1 Å². The zero-order valence-electron chi connectivity index (χ0n) is 17.7. The van der Waals surface area contributed by atoms with Crippen LogP contribution in [0.2, 0.25) is 5.02 Å². The molecule has 0 fully saturated rings. The summed E-state index contributed by atoms with van der Waals surface area (Å²) in [6, 6.07) is 13.7. The first-order valence-electron chi connectivity index (χ1n) is 10.1. The Morgan fingerprint density at radius 3 is 2.47 bits per heavy atom. The molecular weight excluding hydrogens is 404 g/mol. The first-order valence-corrected chi connectivity index (χ1v) is 10.4. The van der Waals surface area contributed by atoms with Crippen molar-refractivity contribution in [1.29, 1.82) is 0 Å². The number of halogens is 1. The Kier molecular flexibility index (Phi) is 9.48. The Hall–Kier alpha value is -2.73. The van der Waals surface area contributed by atoms with Gasteiger partial charge in [0.2, 0.25) is 5.91 Å². The number of hydrogen-bond donors (Lipinski definition) is 1. The van der Waals surface area contributed by atoms with E-state index in [-0.39, 0.29) is 25.0 Å².